The van der Waals surface area contributed by atoms with E-state index in [1.807, 2.05) is 47.4 Å². The van der Waals surface area contributed by atoms with Crippen molar-refractivity contribution in [1.29, 1.82) is 0 Å². The molecule has 4 rings (SSSR count). The molecule has 8 heteroatoms. The number of rotatable bonds is 6. The predicted molar refractivity (Wildman–Crippen MR) is 117 cm³/mol. The number of pyridine rings is 1. The van der Waals surface area contributed by atoms with Gasteiger partial charge in [-0.05, 0) is 43.4 Å². The molecular weight excluding hydrogens is 378 g/mol. The molecule has 1 aromatic carbocycles. The molecule has 0 bridgehead atoms. The zero-order valence-corrected chi connectivity index (χ0v) is 17.0. The van der Waals surface area contributed by atoms with Crippen LogP contribution in [0.1, 0.15) is 0 Å². The smallest absolute Gasteiger partial charge is 0.238 e. The Morgan fingerprint density at radius 2 is 1.73 bits per heavy atom. The number of carbonyl (C=O) groups excluding carboxylic acids is 1. The third kappa shape index (κ3) is 4.97. The number of hydrogen-bond acceptors (Lipinski definition) is 7. The Labute approximate surface area is 176 Å². The van der Waals surface area contributed by atoms with Gasteiger partial charge in [-0.25, -0.2) is 15.0 Å². The lowest BCUT2D eigenvalue weighted by Gasteiger charge is -2.31. The summed E-state index contributed by atoms with van der Waals surface area (Å²) in [6.45, 7) is 4.17. The number of carbonyl (C=O) groups is 1. The van der Waals surface area contributed by atoms with E-state index in [1.54, 1.807) is 24.7 Å². The van der Waals surface area contributed by atoms with Crippen LogP contribution in [-0.4, -0.2) is 70.4 Å². The minimum atomic E-state index is -0.0166. The van der Waals surface area contributed by atoms with E-state index in [4.69, 9.17) is 0 Å². The zero-order valence-electron chi connectivity index (χ0n) is 17.0. The first-order chi connectivity index (χ1) is 14.7. The number of benzene rings is 1. The van der Waals surface area contributed by atoms with Gasteiger partial charge in [0, 0.05) is 50.5 Å². The van der Waals surface area contributed by atoms with Gasteiger partial charge in [-0.3, -0.25) is 14.6 Å². The van der Waals surface area contributed by atoms with E-state index in [0.717, 1.165) is 37.6 Å². The van der Waals surface area contributed by atoms with Crippen LogP contribution in [0.5, 0.6) is 0 Å². The van der Waals surface area contributed by atoms with Crippen molar-refractivity contribution in [3.8, 4) is 0 Å². The molecule has 1 saturated heterocycles. The van der Waals surface area contributed by atoms with Crippen molar-refractivity contribution in [3.05, 3.63) is 67.1 Å². The van der Waals surface area contributed by atoms with E-state index in [2.05, 4.69) is 37.1 Å². The van der Waals surface area contributed by atoms with Crippen LogP contribution in [-0.2, 0) is 4.79 Å². The summed E-state index contributed by atoms with van der Waals surface area (Å²) in [6.07, 6.45) is 5.12. The lowest BCUT2D eigenvalue weighted by molar-refractivity contribution is -0.117. The number of hydrogen-bond donors (Lipinski definition) is 1. The Bertz CT molecular complexity index is 920. The summed E-state index contributed by atoms with van der Waals surface area (Å²) < 4.78 is 0. The summed E-state index contributed by atoms with van der Waals surface area (Å²) in [5.74, 6) is 1.19. The molecule has 30 heavy (non-hydrogen) atoms. The van der Waals surface area contributed by atoms with Crippen LogP contribution >= 0.6 is 0 Å². The predicted octanol–water partition coefficient (Wildman–Crippen LogP) is 2.53. The molecule has 8 nitrogen and oxygen atoms in total. The summed E-state index contributed by atoms with van der Waals surface area (Å²) in [6, 6.07) is 15.1. The fourth-order valence-electron chi connectivity index (χ4n) is 3.38. The van der Waals surface area contributed by atoms with Crippen molar-refractivity contribution in [1.82, 2.24) is 24.8 Å². The first-order valence-electron chi connectivity index (χ1n) is 9.98. The number of nitrogens with one attached hydrogen (secondary N) is 1. The number of aromatic nitrogens is 3. The van der Waals surface area contributed by atoms with Crippen LogP contribution < -0.4 is 10.2 Å². The van der Waals surface area contributed by atoms with E-state index in [9.17, 15) is 4.79 Å². The molecule has 3 heterocycles. The average molecular weight is 403 g/mol. The van der Waals surface area contributed by atoms with Crippen molar-refractivity contribution >= 4 is 29.0 Å². The van der Waals surface area contributed by atoms with Crippen molar-refractivity contribution in [2.75, 3.05) is 50.0 Å². The van der Waals surface area contributed by atoms with Gasteiger partial charge in [-0.1, -0.05) is 12.1 Å². The van der Waals surface area contributed by atoms with Gasteiger partial charge < -0.3 is 10.2 Å². The normalized spacial score (nSPS) is 15.0. The Balaban J connectivity index is 1.53. The monoisotopic (exact) mass is 403 g/mol. The second kappa shape index (κ2) is 9.43. The van der Waals surface area contributed by atoms with Gasteiger partial charge >= 0.3 is 0 Å². The third-order valence-corrected chi connectivity index (χ3v) is 4.98. The number of nitrogens with zero attached hydrogens (tertiary/aromatic N) is 6. The van der Waals surface area contributed by atoms with E-state index in [1.165, 1.54) is 0 Å². The van der Waals surface area contributed by atoms with Crippen LogP contribution in [0.25, 0.3) is 0 Å². The van der Waals surface area contributed by atoms with Crippen molar-refractivity contribution in [2.45, 2.75) is 0 Å². The highest BCUT2D eigenvalue weighted by Crippen LogP contribution is 2.31. The second-order valence-corrected chi connectivity index (χ2v) is 7.25. The molecular formula is C22H25N7O. The van der Waals surface area contributed by atoms with E-state index in [-0.39, 0.29) is 5.91 Å². The highest BCUT2D eigenvalue weighted by atomic mass is 16.2. The van der Waals surface area contributed by atoms with Crippen LogP contribution in [0.15, 0.2) is 67.1 Å². The zero-order chi connectivity index (χ0) is 20.8. The van der Waals surface area contributed by atoms with Crippen molar-refractivity contribution in [2.24, 2.45) is 0 Å². The summed E-state index contributed by atoms with van der Waals surface area (Å²) in [4.78, 5) is 32.1. The summed E-state index contributed by atoms with van der Waals surface area (Å²) >= 11 is 0. The van der Waals surface area contributed by atoms with Gasteiger partial charge in [-0.15, -0.1) is 0 Å². The summed E-state index contributed by atoms with van der Waals surface area (Å²) in [5.41, 5.74) is 1.54. The lowest BCUT2D eigenvalue weighted by atomic mass is 10.2. The van der Waals surface area contributed by atoms with Gasteiger partial charge in [0.15, 0.2) is 0 Å². The van der Waals surface area contributed by atoms with E-state index < -0.39 is 0 Å². The van der Waals surface area contributed by atoms with Gasteiger partial charge in [0.05, 0.1) is 12.2 Å². The highest BCUT2D eigenvalue weighted by molar-refractivity contribution is 5.93. The van der Waals surface area contributed by atoms with E-state index in [0.29, 0.717) is 18.3 Å². The topological polar surface area (TPSA) is 77.5 Å². The Kier molecular flexibility index (Phi) is 6.26. The molecule has 0 saturated carbocycles. The average Bonchev–Trinajstić information content (AvgIpc) is 2.77. The molecule has 154 valence electrons. The number of amides is 1. The Hall–Kier alpha value is -3.36. The second-order valence-electron chi connectivity index (χ2n) is 7.25. The third-order valence-electron chi connectivity index (χ3n) is 4.98. The molecule has 1 N–H and O–H groups in total. The standard InChI is InChI=1S/C22H25N7O/c1-27-12-14-28(15-13-27)17-21(30)26-18-6-4-7-19(16-18)29(20-8-2-3-9-23-20)22-24-10-5-11-25-22/h2-11,16H,12-15,17H2,1H3,(H,26,30). The van der Waals surface area contributed by atoms with Gasteiger partial charge in [0.25, 0.3) is 0 Å². The molecule has 1 aliphatic heterocycles. The van der Waals surface area contributed by atoms with Gasteiger partial charge in [0.2, 0.25) is 11.9 Å². The molecule has 0 unspecified atom stereocenters. The van der Waals surface area contributed by atoms with Crippen LogP contribution in [0.3, 0.4) is 0 Å². The molecule has 2 aromatic heterocycles. The molecule has 0 spiro atoms. The maximum atomic E-state index is 12.6. The van der Waals surface area contributed by atoms with Gasteiger partial charge in [-0.2, -0.15) is 0 Å². The van der Waals surface area contributed by atoms with Crippen molar-refractivity contribution in [3.63, 3.8) is 0 Å². The van der Waals surface area contributed by atoms with Crippen LogP contribution in [0.2, 0.25) is 0 Å². The fourth-order valence-corrected chi connectivity index (χ4v) is 3.38. The minimum absolute atomic E-state index is 0.0166. The molecule has 1 fully saturated rings. The number of anilines is 4. The molecule has 1 aliphatic rings. The maximum absolute atomic E-state index is 12.6. The Morgan fingerprint density at radius 3 is 2.47 bits per heavy atom. The number of likely N-dealkylation sites (N-methyl/N-ethyl adjacent to an activating group) is 1. The number of piperazine rings is 1. The first kappa shape index (κ1) is 19.9. The largest absolute Gasteiger partial charge is 0.325 e. The lowest BCUT2D eigenvalue weighted by Crippen LogP contribution is -2.47. The quantitative estimate of drug-likeness (QED) is 0.678. The molecule has 3 aromatic rings. The maximum Gasteiger partial charge on any atom is 0.238 e. The molecule has 0 radical (unpaired) electrons. The molecule has 0 atom stereocenters. The van der Waals surface area contributed by atoms with Crippen LogP contribution in [0, 0.1) is 0 Å². The van der Waals surface area contributed by atoms with E-state index >= 15 is 0 Å². The highest BCUT2D eigenvalue weighted by Gasteiger charge is 2.18. The summed E-state index contributed by atoms with van der Waals surface area (Å²) in [7, 11) is 2.10. The fraction of sp³-hybridized carbons (Fsp3) is 0.273. The van der Waals surface area contributed by atoms with Crippen molar-refractivity contribution < 1.29 is 4.79 Å². The first-order valence-corrected chi connectivity index (χ1v) is 9.98. The SMILES string of the molecule is CN1CCN(CC(=O)Nc2cccc(N(c3ccccn3)c3ncccn3)c2)CC1. The van der Waals surface area contributed by atoms with Gasteiger partial charge in [0.1, 0.15) is 5.82 Å². The Morgan fingerprint density at radius 1 is 0.967 bits per heavy atom. The summed E-state index contributed by atoms with van der Waals surface area (Å²) in [5, 5.41) is 3.02. The van der Waals surface area contributed by atoms with Crippen LogP contribution in [0.4, 0.5) is 23.1 Å². The molecule has 1 amide bonds. The molecule has 0 aliphatic carbocycles. The minimum Gasteiger partial charge on any atom is -0.325 e.